The molecule has 0 aliphatic carbocycles. The Bertz CT molecular complexity index is 1260. The summed E-state index contributed by atoms with van der Waals surface area (Å²) >= 11 is 0. The van der Waals surface area contributed by atoms with E-state index in [1.54, 1.807) is 9.80 Å². The van der Waals surface area contributed by atoms with Gasteiger partial charge in [-0.2, -0.15) is 0 Å². The third-order valence-electron chi connectivity index (χ3n) is 8.90. The Morgan fingerprint density at radius 1 is 1.14 bits per heavy atom. The van der Waals surface area contributed by atoms with Gasteiger partial charge in [0.05, 0.1) is 31.1 Å². The summed E-state index contributed by atoms with van der Waals surface area (Å²) in [5, 5.41) is 3.07. The Balaban J connectivity index is 1.44. The minimum absolute atomic E-state index is 0.0207. The molecule has 0 saturated carbocycles. The van der Waals surface area contributed by atoms with Crippen LogP contribution in [0, 0.1) is 23.5 Å². The van der Waals surface area contributed by atoms with Crippen molar-refractivity contribution in [3.8, 4) is 11.3 Å². The second kappa shape index (κ2) is 15.3. The molecular formula is C31H43F3N6O4. The summed E-state index contributed by atoms with van der Waals surface area (Å²) in [6.07, 6.45) is 3.42. The highest BCUT2D eigenvalue weighted by molar-refractivity contribution is 5.83. The number of carbonyl (C=O) groups is 2. The lowest BCUT2D eigenvalue weighted by atomic mass is 9.88. The molecule has 4 N–H and O–H groups in total. The number of carbonyl (C=O) groups excluding carboxylic acids is 2. The van der Waals surface area contributed by atoms with Gasteiger partial charge in [-0.3, -0.25) is 9.59 Å². The standard InChI is InChI=1S/C31H43F3N6O4/c32-22-5-6-24(33)23(14-22)26-17-37-30(38-26)29(20-7-11-43-12-8-20)40(18-21-15-36-16-25(21)34)31(42)27-19-39(10-13-44-27)28(41)4-2-1-3-9-35/h5-6,14,17,20-21,25,27,29,36H,1-4,7-13,15-16,18-19,35H2,(H,37,38). The number of alkyl halides is 1. The minimum atomic E-state index is -1.15. The number of nitrogens with two attached hydrogens (primary N) is 1. The van der Waals surface area contributed by atoms with Crippen LogP contribution < -0.4 is 11.1 Å². The van der Waals surface area contributed by atoms with E-state index >= 15 is 0 Å². The fourth-order valence-electron chi connectivity index (χ4n) is 6.42. The molecule has 4 atom stereocenters. The maximum Gasteiger partial charge on any atom is 0.254 e. The van der Waals surface area contributed by atoms with Gasteiger partial charge in [-0.1, -0.05) is 6.42 Å². The molecule has 0 spiro atoms. The molecule has 3 aliphatic heterocycles. The molecule has 1 aromatic carbocycles. The van der Waals surface area contributed by atoms with Crippen molar-refractivity contribution < 1.29 is 32.2 Å². The summed E-state index contributed by atoms with van der Waals surface area (Å²) in [4.78, 5) is 38.4. The zero-order valence-electron chi connectivity index (χ0n) is 25.0. The van der Waals surface area contributed by atoms with Crippen LogP contribution in [0.4, 0.5) is 13.2 Å². The van der Waals surface area contributed by atoms with E-state index in [-0.39, 0.29) is 55.2 Å². The van der Waals surface area contributed by atoms with Crippen molar-refractivity contribution in [3.05, 3.63) is 41.9 Å². The largest absolute Gasteiger partial charge is 0.381 e. The van der Waals surface area contributed by atoms with Gasteiger partial charge < -0.3 is 35.3 Å². The van der Waals surface area contributed by atoms with Crippen LogP contribution in [0.1, 0.15) is 50.4 Å². The van der Waals surface area contributed by atoms with Gasteiger partial charge in [0, 0.05) is 57.3 Å². The SMILES string of the molecule is NCCCCCC(=O)N1CCOC(C(=O)N(CC2CNCC2F)C(c2ncc(-c3cc(F)ccc3F)[nH]2)C2CCOCC2)C1. The molecule has 10 nitrogen and oxygen atoms in total. The topological polar surface area (TPSA) is 126 Å². The fraction of sp³-hybridized carbons (Fsp3) is 0.645. The molecule has 1 aromatic heterocycles. The minimum Gasteiger partial charge on any atom is -0.381 e. The maximum absolute atomic E-state index is 15.0. The Labute approximate surface area is 255 Å². The number of hydrogen-bond acceptors (Lipinski definition) is 7. The Morgan fingerprint density at radius 3 is 2.70 bits per heavy atom. The zero-order valence-corrected chi connectivity index (χ0v) is 25.0. The number of rotatable bonds is 12. The highest BCUT2D eigenvalue weighted by atomic mass is 19.1. The number of aromatic amines is 1. The number of H-pyrrole nitrogens is 1. The first-order valence-corrected chi connectivity index (χ1v) is 15.7. The van der Waals surface area contributed by atoms with E-state index in [0.29, 0.717) is 57.9 Å². The summed E-state index contributed by atoms with van der Waals surface area (Å²) in [7, 11) is 0. The number of imidazole rings is 1. The Kier molecular flexibility index (Phi) is 11.3. The van der Waals surface area contributed by atoms with Crippen molar-refractivity contribution in [2.75, 3.05) is 59.1 Å². The molecule has 3 saturated heterocycles. The number of halogens is 3. The molecule has 3 fully saturated rings. The predicted molar refractivity (Wildman–Crippen MR) is 157 cm³/mol. The van der Waals surface area contributed by atoms with Gasteiger partial charge in [0.15, 0.2) is 6.10 Å². The maximum atomic E-state index is 15.0. The Morgan fingerprint density at radius 2 is 1.95 bits per heavy atom. The van der Waals surface area contributed by atoms with Crippen molar-refractivity contribution in [2.45, 2.75) is 56.8 Å². The molecule has 0 radical (unpaired) electrons. The molecule has 242 valence electrons. The third kappa shape index (κ3) is 7.79. The lowest BCUT2D eigenvalue weighted by Crippen LogP contribution is -2.55. The summed E-state index contributed by atoms with van der Waals surface area (Å²) in [5.74, 6) is -1.75. The number of nitrogens with zero attached hydrogens (tertiary/aromatic N) is 3. The van der Waals surface area contributed by atoms with Gasteiger partial charge in [-0.15, -0.1) is 0 Å². The summed E-state index contributed by atoms with van der Waals surface area (Å²) in [6, 6.07) is 2.56. The zero-order chi connectivity index (χ0) is 31.1. The monoisotopic (exact) mass is 620 g/mol. The summed E-state index contributed by atoms with van der Waals surface area (Å²) in [6.45, 7) is 2.96. The number of amides is 2. The van der Waals surface area contributed by atoms with Crippen molar-refractivity contribution >= 4 is 11.8 Å². The van der Waals surface area contributed by atoms with Crippen LogP contribution in [0.15, 0.2) is 24.4 Å². The molecule has 0 bridgehead atoms. The molecule has 4 unspecified atom stereocenters. The molecule has 4 heterocycles. The van der Waals surface area contributed by atoms with E-state index in [9.17, 15) is 22.8 Å². The highest BCUT2D eigenvalue weighted by Crippen LogP contribution is 2.37. The first-order valence-electron chi connectivity index (χ1n) is 15.7. The van der Waals surface area contributed by atoms with Gasteiger partial charge in [0.2, 0.25) is 5.91 Å². The van der Waals surface area contributed by atoms with Crippen LogP contribution in [0.3, 0.4) is 0 Å². The van der Waals surface area contributed by atoms with Crippen LogP contribution in [-0.4, -0.2) is 103 Å². The van der Waals surface area contributed by atoms with Crippen molar-refractivity contribution in [1.29, 1.82) is 0 Å². The summed E-state index contributed by atoms with van der Waals surface area (Å²) in [5.41, 5.74) is 5.86. The van der Waals surface area contributed by atoms with Crippen LogP contribution >= 0.6 is 0 Å². The first kappa shape index (κ1) is 32.4. The van der Waals surface area contributed by atoms with E-state index in [1.807, 2.05) is 0 Å². The van der Waals surface area contributed by atoms with E-state index in [0.717, 1.165) is 37.5 Å². The molecule has 2 amide bonds. The van der Waals surface area contributed by atoms with E-state index in [1.165, 1.54) is 6.20 Å². The van der Waals surface area contributed by atoms with Crippen molar-refractivity contribution in [2.24, 2.45) is 17.6 Å². The van der Waals surface area contributed by atoms with Gasteiger partial charge in [-0.25, -0.2) is 18.2 Å². The second-order valence-electron chi connectivity index (χ2n) is 11.9. The molecule has 5 rings (SSSR count). The lowest BCUT2D eigenvalue weighted by Gasteiger charge is -2.42. The second-order valence-corrected chi connectivity index (χ2v) is 11.9. The van der Waals surface area contributed by atoms with Gasteiger partial charge >= 0.3 is 0 Å². The number of nitrogens with one attached hydrogen (secondary N) is 2. The number of hydrogen-bond donors (Lipinski definition) is 3. The molecular weight excluding hydrogens is 577 g/mol. The van der Waals surface area contributed by atoms with Crippen LogP contribution in [0.2, 0.25) is 0 Å². The summed E-state index contributed by atoms with van der Waals surface area (Å²) < 4.78 is 55.3. The number of aromatic nitrogens is 2. The highest BCUT2D eigenvalue weighted by Gasteiger charge is 2.42. The van der Waals surface area contributed by atoms with Crippen LogP contribution in [0.25, 0.3) is 11.3 Å². The number of ether oxygens (including phenoxy) is 2. The average Bonchev–Trinajstić information content (AvgIpc) is 3.69. The van der Waals surface area contributed by atoms with E-state index in [2.05, 4.69) is 15.3 Å². The quantitative estimate of drug-likeness (QED) is 0.312. The van der Waals surface area contributed by atoms with Crippen LogP contribution in [-0.2, 0) is 19.1 Å². The molecule has 3 aliphatic rings. The third-order valence-corrected chi connectivity index (χ3v) is 8.90. The number of unbranched alkanes of at least 4 members (excludes halogenated alkanes) is 2. The lowest BCUT2D eigenvalue weighted by molar-refractivity contribution is -0.159. The number of morpholine rings is 1. The molecule has 44 heavy (non-hydrogen) atoms. The fourth-order valence-corrected chi connectivity index (χ4v) is 6.42. The molecule has 13 heteroatoms. The average molecular weight is 621 g/mol. The smallest absolute Gasteiger partial charge is 0.254 e. The van der Waals surface area contributed by atoms with Gasteiger partial charge in [-0.05, 0) is 56.3 Å². The van der Waals surface area contributed by atoms with Crippen molar-refractivity contribution in [1.82, 2.24) is 25.1 Å². The van der Waals surface area contributed by atoms with E-state index in [4.69, 9.17) is 15.2 Å². The molecule has 2 aromatic rings. The van der Waals surface area contributed by atoms with Gasteiger partial charge in [0.25, 0.3) is 5.91 Å². The predicted octanol–water partition coefficient (Wildman–Crippen LogP) is 2.96. The normalized spacial score (nSPS) is 23.5. The van der Waals surface area contributed by atoms with E-state index < -0.39 is 35.9 Å². The van der Waals surface area contributed by atoms with Crippen LogP contribution in [0.5, 0.6) is 0 Å². The number of benzene rings is 1. The van der Waals surface area contributed by atoms with Gasteiger partial charge in [0.1, 0.15) is 23.6 Å². The first-order chi connectivity index (χ1) is 21.4. The van der Waals surface area contributed by atoms with Crippen molar-refractivity contribution in [3.63, 3.8) is 0 Å². The Hall–Kier alpha value is -3.00.